The number of halogens is 5. The molecule has 0 amide bonds. The maximum absolute atomic E-state index is 13.7. The maximum Gasteiger partial charge on any atom is 0.531 e. The average molecular weight is 336 g/mol. The summed E-state index contributed by atoms with van der Waals surface area (Å²) in [6.45, 7) is 0. The topological polar surface area (TPSA) is 49.7 Å². The van der Waals surface area contributed by atoms with E-state index in [0.29, 0.717) is 0 Å². The van der Waals surface area contributed by atoms with Gasteiger partial charge in [0, 0.05) is 12.3 Å². The van der Waals surface area contributed by atoms with Crippen LogP contribution >= 0.6 is 0 Å². The van der Waals surface area contributed by atoms with Crippen LogP contribution in [0.1, 0.15) is 0 Å². The number of hydrogen-bond donors (Lipinski definition) is 2. The second-order valence-electron chi connectivity index (χ2n) is 4.33. The predicted molar refractivity (Wildman–Crippen MR) is 68.5 cm³/mol. The van der Waals surface area contributed by atoms with E-state index in [9.17, 15) is 31.5 Å². The van der Waals surface area contributed by atoms with Crippen LogP contribution in [-0.2, 0) is 4.43 Å². The number of rotatable bonds is 3. The molecule has 0 atom stereocenters. The molecule has 0 saturated carbocycles. The molecule has 0 heterocycles. The summed E-state index contributed by atoms with van der Waals surface area (Å²) < 4.78 is 71.1. The monoisotopic (exact) mass is 336 g/mol. The molecule has 0 radical (unpaired) electrons. The second kappa shape index (κ2) is 5.76. The fraction of sp³-hybridized carbons (Fsp3) is 0.0769. The van der Waals surface area contributed by atoms with Gasteiger partial charge in [0.1, 0.15) is 0 Å². The average Bonchev–Trinajstić information content (AvgIpc) is 2.52. The zero-order valence-corrected chi connectivity index (χ0v) is 12.0. The van der Waals surface area contributed by atoms with Crippen molar-refractivity contribution >= 4 is 14.0 Å². The smallest absolute Gasteiger partial charge is 0.386 e. The quantitative estimate of drug-likeness (QED) is 0.389. The molecule has 2 aromatic rings. The van der Waals surface area contributed by atoms with Crippen molar-refractivity contribution in [3.05, 3.63) is 53.4 Å². The third-order valence-electron chi connectivity index (χ3n) is 3.04. The van der Waals surface area contributed by atoms with E-state index in [1.807, 2.05) is 0 Å². The fourth-order valence-corrected chi connectivity index (χ4v) is 2.67. The maximum atomic E-state index is 13.7. The number of benzene rings is 2. The highest BCUT2D eigenvalue weighted by Crippen LogP contribution is 2.31. The highest BCUT2D eigenvalue weighted by molar-refractivity contribution is 6.72. The van der Waals surface area contributed by atoms with E-state index in [4.69, 9.17) is 0 Å². The van der Waals surface area contributed by atoms with Crippen LogP contribution in [0.15, 0.2) is 24.3 Å². The van der Waals surface area contributed by atoms with Crippen LogP contribution in [0.5, 0.6) is 0 Å². The van der Waals surface area contributed by atoms with Crippen molar-refractivity contribution in [3.8, 4) is 11.1 Å². The first-order valence-electron chi connectivity index (χ1n) is 5.83. The van der Waals surface area contributed by atoms with E-state index in [2.05, 4.69) is 4.43 Å². The van der Waals surface area contributed by atoms with Gasteiger partial charge in [0.05, 0.1) is 5.56 Å². The largest absolute Gasteiger partial charge is 0.531 e. The van der Waals surface area contributed by atoms with Crippen molar-refractivity contribution < 1.29 is 36.0 Å². The molecule has 22 heavy (non-hydrogen) atoms. The van der Waals surface area contributed by atoms with Gasteiger partial charge in [-0.05, 0) is 5.56 Å². The van der Waals surface area contributed by atoms with Crippen LogP contribution in [0.3, 0.4) is 0 Å². The minimum atomic E-state index is -4.13. The normalized spacial score (nSPS) is 11.8. The summed E-state index contributed by atoms with van der Waals surface area (Å²) in [6.07, 6.45) is 0. The van der Waals surface area contributed by atoms with Gasteiger partial charge >= 0.3 is 8.80 Å². The highest BCUT2D eigenvalue weighted by Gasteiger charge is 2.34. The molecular weight excluding hydrogens is 327 g/mol. The molecule has 9 heteroatoms. The fourth-order valence-electron chi connectivity index (χ4n) is 1.83. The Balaban J connectivity index is 2.59. The molecule has 0 fully saturated rings. The van der Waals surface area contributed by atoms with E-state index in [1.54, 1.807) is 0 Å². The van der Waals surface area contributed by atoms with Crippen molar-refractivity contribution in [2.75, 3.05) is 7.11 Å². The van der Waals surface area contributed by atoms with E-state index < -0.39 is 43.5 Å². The molecular formula is C13H9F5O3Si. The minimum Gasteiger partial charge on any atom is -0.386 e. The molecule has 0 saturated heterocycles. The summed E-state index contributed by atoms with van der Waals surface area (Å²) in [5, 5.41) is -0.0531. The Kier molecular flexibility index (Phi) is 4.34. The van der Waals surface area contributed by atoms with Gasteiger partial charge in [-0.15, -0.1) is 0 Å². The van der Waals surface area contributed by atoms with Gasteiger partial charge in [0.25, 0.3) is 0 Å². The summed E-state index contributed by atoms with van der Waals surface area (Å²) >= 11 is 0. The number of hydrogen-bond acceptors (Lipinski definition) is 3. The zero-order chi connectivity index (χ0) is 16.7. The van der Waals surface area contributed by atoms with Gasteiger partial charge in [0.15, 0.2) is 23.3 Å². The molecule has 118 valence electrons. The second-order valence-corrected chi connectivity index (χ2v) is 6.54. The Hall–Kier alpha value is -1.81. The SMILES string of the molecule is CO[Si](O)(O)c1ccc(-c2c(F)c(F)c(F)c(F)c2F)cc1. The standard InChI is InChI=1S/C13H9F5O3Si/c1-21-22(19,20)7-4-2-6(3-5-7)8-9(14)11(16)13(18)12(17)10(8)15/h2-5,19-20H,1H3. The lowest BCUT2D eigenvalue weighted by Gasteiger charge is -2.15. The molecule has 3 nitrogen and oxygen atoms in total. The van der Waals surface area contributed by atoms with Crippen molar-refractivity contribution in [1.29, 1.82) is 0 Å². The first-order valence-corrected chi connectivity index (χ1v) is 7.63. The third-order valence-corrected chi connectivity index (χ3v) is 4.70. The van der Waals surface area contributed by atoms with Gasteiger partial charge in [-0.1, -0.05) is 24.3 Å². The van der Waals surface area contributed by atoms with Crippen LogP contribution in [0.2, 0.25) is 0 Å². The molecule has 2 N–H and O–H groups in total. The van der Waals surface area contributed by atoms with Crippen LogP contribution in [0, 0.1) is 29.1 Å². The Morgan fingerprint density at radius 1 is 0.773 bits per heavy atom. The summed E-state index contributed by atoms with van der Waals surface area (Å²) in [5.74, 6) is -10.3. The van der Waals surface area contributed by atoms with Crippen molar-refractivity contribution in [3.63, 3.8) is 0 Å². The minimum absolute atomic E-state index is 0.0531. The Bertz CT molecular complexity index is 690. The molecule has 0 aliphatic carbocycles. The Morgan fingerprint density at radius 2 is 1.18 bits per heavy atom. The lowest BCUT2D eigenvalue weighted by Crippen LogP contribution is -2.50. The lowest BCUT2D eigenvalue weighted by atomic mass is 10.0. The Labute approximate surface area is 122 Å². The van der Waals surface area contributed by atoms with Crippen LogP contribution < -0.4 is 5.19 Å². The van der Waals surface area contributed by atoms with Crippen molar-refractivity contribution in [2.45, 2.75) is 0 Å². The van der Waals surface area contributed by atoms with Crippen LogP contribution in [0.25, 0.3) is 11.1 Å². The van der Waals surface area contributed by atoms with Gasteiger partial charge in [0.2, 0.25) is 5.82 Å². The summed E-state index contributed by atoms with van der Waals surface area (Å²) in [7, 11) is -3.07. The molecule has 2 rings (SSSR count). The van der Waals surface area contributed by atoms with E-state index in [1.165, 1.54) is 0 Å². The lowest BCUT2D eigenvalue weighted by molar-refractivity contribution is 0.204. The molecule has 0 aliphatic heterocycles. The van der Waals surface area contributed by atoms with Gasteiger partial charge < -0.3 is 14.0 Å². The third kappa shape index (κ3) is 2.63. The summed E-state index contributed by atoms with van der Waals surface area (Å²) in [6, 6.07) is 4.15. The van der Waals surface area contributed by atoms with E-state index in [-0.39, 0.29) is 10.8 Å². The predicted octanol–water partition coefficient (Wildman–Crippen LogP) is 1.83. The molecule has 0 aromatic heterocycles. The molecule has 2 aromatic carbocycles. The van der Waals surface area contributed by atoms with E-state index in [0.717, 1.165) is 31.4 Å². The Morgan fingerprint density at radius 3 is 1.59 bits per heavy atom. The van der Waals surface area contributed by atoms with Crippen molar-refractivity contribution in [2.24, 2.45) is 0 Å². The first-order chi connectivity index (χ1) is 10.2. The summed E-state index contributed by atoms with van der Waals surface area (Å²) in [5.41, 5.74) is -1.40. The van der Waals surface area contributed by atoms with Gasteiger partial charge in [-0.3, -0.25) is 0 Å². The van der Waals surface area contributed by atoms with Gasteiger partial charge in [-0.2, -0.15) is 0 Å². The summed E-state index contributed by atoms with van der Waals surface area (Å²) in [4.78, 5) is 19.1. The molecule has 0 bridgehead atoms. The highest BCUT2D eigenvalue weighted by atomic mass is 28.4. The first kappa shape index (κ1) is 16.6. The van der Waals surface area contributed by atoms with Crippen molar-refractivity contribution in [1.82, 2.24) is 0 Å². The molecule has 0 spiro atoms. The molecule has 0 unspecified atom stereocenters. The van der Waals surface area contributed by atoms with Gasteiger partial charge in [-0.25, -0.2) is 22.0 Å². The van der Waals surface area contributed by atoms with E-state index >= 15 is 0 Å². The molecule has 0 aliphatic rings. The van der Waals surface area contributed by atoms with Crippen LogP contribution in [0.4, 0.5) is 22.0 Å². The van der Waals surface area contributed by atoms with Crippen LogP contribution in [-0.4, -0.2) is 25.5 Å². The zero-order valence-electron chi connectivity index (χ0n) is 11.0.